The second-order valence-electron chi connectivity index (χ2n) is 8.39. The summed E-state index contributed by atoms with van der Waals surface area (Å²) in [5.41, 5.74) is 6.40. The minimum Gasteiger partial charge on any atom is -0.497 e. The summed E-state index contributed by atoms with van der Waals surface area (Å²) in [6.45, 7) is 0.555. The minimum atomic E-state index is -0.259. The van der Waals surface area contributed by atoms with Gasteiger partial charge in [-0.25, -0.2) is 0 Å². The van der Waals surface area contributed by atoms with Gasteiger partial charge in [0, 0.05) is 47.2 Å². The van der Waals surface area contributed by atoms with Crippen LogP contribution in [0.2, 0.25) is 0 Å². The Morgan fingerprint density at radius 2 is 1.97 bits per heavy atom. The lowest BCUT2D eigenvalue weighted by Crippen LogP contribution is -2.31. The lowest BCUT2D eigenvalue weighted by Gasteiger charge is -2.26. The summed E-state index contributed by atoms with van der Waals surface area (Å²) in [5, 5.41) is 8.65. The Morgan fingerprint density at radius 3 is 2.76 bits per heavy atom. The molecule has 4 heterocycles. The van der Waals surface area contributed by atoms with Crippen molar-refractivity contribution in [3.8, 4) is 17.0 Å². The Bertz CT molecular complexity index is 1470. The van der Waals surface area contributed by atoms with E-state index in [0.29, 0.717) is 18.7 Å². The number of rotatable bonds is 6. The van der Waals surface area contributed by atoms with Crippen LogP contribution in [0.3, 0.4) is 0 Å². The van der Waals surface area contributed by atoms with Gasteiger partial charge in [0.1, 0.15) is 11.4 Å². The van der Waals surface area contributed by atoms with Gasteiger partial charge in [0.2, 0.25) is 0 Å². The number of aromatic nitrogens is 4. The van der Waals surface area contributed by atoms with Crippen LogP contribution in [0.25, 0.3) is 22.2 Å². The highest BCUT2D eigenvalue weighted by atomic mass is 16.5. The molecule has 5 aromatic rings. The number of benzene rings is 2. The van der Waals surface area contributed by atoms with Crippen molar-refractivity contribution in [1.29, 1.82) is 0 Å². The third-order valence-electron chi connectivity index (χ3n) is 6.51. The Morgan fingerprint density at radius 1 is 1.09 bits per heavy atom. The molecule has 0 spiro atoms. The van der Waals surface area contributed by atoms with Gasteiger partial charge >= 0.3 is 0 Å². The standard InChI is InChI=1S/C27H23N5O2/c1-34-20-9-10-22-21(14-20)18(16-29-22)11-13-32-26(19-8-5-12-28-15-19)23-24(17-6-3-2-4-7-17)30-31-25(23)27(32)33/h2-10,12,14-16,26,29H,11,13H2,1H3,(H,30,31). The molecular formula is C27H23N5O2. The molecule has 1 amide bonds. The van der Waals surface area contributed by atoms with E-state index in [2.05, 4.69) is 20.2 Å². The molecule has 0 saturated heterocycles. The predicted molar refractivity (Wildman–Crippen MR) is 130 cm³/mol. The molecule has 2 N–H and O–H groups in total. The number of fused-ring (bicyclic) bond motifs is 2. The molecule has 0 aliphatic carbocycles. The summed E-state index contributed by atoms with van der Waals surface area (Å²) in [7, 11) is 1.67. The van der Waals surface area contributed by atoms with Crippen molar-refractivity contribution in [2.45, 2.75) is 12.5 Å². The van der Waals surface area contributed by atoms with Crippen LogP contribution in [0.1, 0.15) is 33.2 Å². The summed E-state index contributed by atoms with van der Waals surface area (Å²) < 4.78 is 5.41. The van der Waals surface area contributed by atoms with E-state index in [4.69, 9.17) is 4.74 Å². The van der Waals surface area contributed by atoms with Crippen LogP contribution in [0.15, 0.2) is 79.3 Å². The first-order chi connectivity index (χ1) is 16.7. The Labute approximate surface area is 196 Å². The van der Waals surface area contributed by atoms with Crippen LogP contribution in [0, 0.1) is 0 Å². The minimum absolute atomic E-state index is 0.0454. The highest BCUT2D eigenvalue weighted by molar-refractivity contribution is 6.00. The van der Waals surface area contributed by atoms with E-state index in [9.17, 15) is 4.79 Å². The molecule has 0 radical (unpaired) electrons. The molecule has 0 fully saturated rings. The SMILES string of the molecule is COc1ccc2[nH]cc(CCN3C(=O)c4[nH]nc(-c5ccccc5)c4C3c3cccnc3)c2c1. The zero-order chi connectivity index (χ0) is 23.1. The van der Waals surface area contributed by atoms with Gasteiger partial charge in [0.15, 0.2) is 0 Å². The number of methoxy groups -OCH3 is 1. The van der Waals surface area contributed by atoms with Crippen LogP contribution < -0.4 is 4.74 Å². The van der Waals surface area contributed by atoms with Gasteiger partial charge in [-0.3, -0.25) is 14.9 Å². The first kappa shape index (κ1) is 20.2. The van der Waals surface area contributed by atoms with Crippen LogP contribution >= 0.6 is 0 Å². The third kappa shape index (κ3) is 3.25. The van der Waals surface area contributed by atoms with Crippen molar-refractivity contribution in [2.75, 3.05) is 13.7 Å². The fraction of sp³-hybridized carbons (Fsp3) is 0.148. The average molecular weight is 450 g/mol. The summed E-state index contributed by atoms with van der Waals surface area (Å²) in [6, 6.07) is 19.6. The molecule has 1 aliphatic heterocycles. The zero-order valence-electron chi connectivity index (χ0n) is 18.7. The maximum Gasteiger partial charge on any atom is 0.273 e. The van der Waals surface area contributed by atoms with E-state index in [1.54, 1.807) is 13.3 Å². The molecule has 34 heavy (non-hydrogen) atoms. The lowest BCUT2D eigenvalue weighted by atomic mass is 9.97. The maximum atomic E-state index is 13.6. The number of aromatic amines is 2. The van der Waals surface area contributed by atoms with E-state index < -0.39 is 0 Å². The molecule has 1 aliphatic rings. The molecular weight excluding hydrogens is 426 g/mol. The molecule has 7 heteroatoms. The lowest BCUT2D eigenvalue weighted by molar-refractivity contribution is 0.0746. The number of nitrogens with one attached hydrogen (secondary N) is 2. The van der Waals surface area contributed by atoms with Gasteiger partial charge in [-0.1, -0.05) is 36.4 Å². The number of pyridine rings is 1. The largest absolute Gasteiger partial charge is 0.497 e. The number of H-pyrrole nitrogens is 2. The van der Waals surface area contributed by atoms with Gasteiger partial charge in [0.25, 0.3) is 5.91 Å². The van der Waals surface area contributed by atoms with Crippen LogP contribution in [-0.4, -0.2) is 44.6 Å². The molecule has 168 valence electrons. The predicted octanol–water partition coefficient (Wildman–Crippen LogP) is 4.75. The summed E-state index contributed by atoms with van der Waals surface area (Å²) in [6.07, 6.45) is 6.30. The smallest absolute Gasteiger partial charge is 0.273 e. The quantitative estimate of drug-likeness (QED) is 0.392. The van der Waals surface area contributed by atoms with Gasteiger partial charge < -0.3 is 14.6 Å². The van der Waals surface area contributed by atoms with Crippen molar-refractivity contribution in [3.63, 3.8) is 0 Å². The molecule has 2 aromatic carbocycles. The highest BCUT2D eigenvalue weighted by Gasteiger charge is 2.42. The highest BCUT2D eigenvalue weighted by Crippen LogP contribution is 2.42. The van der Waals surface area contributed by atoms with Gasteiger partial charge in [-0.05, 0) is 41.8 Å². The van der Waals surface area contributed by atoms with Crippen molar-refractivity contribution >= 4 is 16.8 Å². The second kappa shape index (κ2) is 8.19. The number of ether oxygens (including phenoxy) is 1. The van der Waals surface area contributed by atoms with E-state index in [-0.39, 0.29) is 11.9 Å². The third-order valence-corrected chi connectivity index (χ3v) is 6.51. The maximum absolute atomic E-state index is 13.6. The summed E-state index contributed by atoms with van der Waals surface area (Å²) in [5.74, 6) is 0.767. The first-order valence-corrected chi connectivity index (χ1v) is 11.2. The molecule has 1 unspecified atom stereocenters. The van der Waals surface area contributed by atoms with Gasteiger partial charge in [0.05, 0.1) is 18.8 Å². The van der Waals surface area contributed by atoms with Crippen LogP contribution in [-0.2, 0) is 6.42 Å². The van der Waals surface area contributed by atoms with E-state index >= 15 is 0 Å². The normalized spacial score (nSPS) is 15.1. The monoisotopic (exact) mass is 449 g/mol. The fourth-order valence-electron chi connectivity index (χ4n) is 4.86. The number of carbonyl (C=O) groups excluding carboxylic acids is 1. The summed E-state index contributed by atoms with van der Waals surface area (Å²) >= 11 is 0. The van der Waals surface area contributed by atoms with Crippen molar-refractivity contribution < 1.29 is 9.53 Å². The molecule has 6 rings (SSSR count). The molecule has 3 aromatic heterocycles. The Kier molecular flexibility index (Phi) is 4.87. The van der Waals surface area contributed by atoms with E-state index in [1.165, 1.54) is 0 Å². The van der Waals surface area contributed by atoms with Gasteiger partial charge in [-0.15, -0.1) is 0 Å². The number of hydrogen-bond donors (Lipinski definition) is 2. The zero-order valence-corrected chi connectivity index (χ0v) is 18.7. The number of carbonyl (C=O) groups is 1. The topological polar surface area (TPSA) is 86.9 Å². The van der Waals surface area contributed by atoms with Crippen LogP contribution in [0.4, 0.5) is 0 Å². The first-order valence-electron chi connectivity index (χ1n) is 11.2. The van der Waals surface area contributed by atoms with Crippen molar-refractivity contribution in [3.05, 3.63) is 102 Å². The van der Waals surface area contributed by atoms with Crippen molar-refractivity contribution in [1.82, 2.24) is 25.1 Å². The van der Waals surface area contributed by atoms with Crippen molar-refractivity contribution in [2.24, 2.45) is 0 Å². The molecule has 1 atom stereocenters. The summed E-state index contributed by atoms with van der Waals surface area (Å²) in [4.78, 5) is 23.1. The molecule has 0 bridgehead atoms. The number of nitrogens with zero attached hydrogens (tertiary/aromatic N) is 3. The Hall–Kier alpha value is -4.39. The van der Waals surface area contributed by atoms with Crippen LogP contribution in [0.5, 0.6) is 5.75 Å². The average Bonchev–Trinajstić information content (AvgIpc) is 3.57. The molecule has 0 saturated carbocycles. The fourth-order valence-corrected chi connectivity index (χ4v) is 4.86. The van der Waals surface area contributed by atoms with E-state index in [0.717, 1.165) is 44.6 Å². The second-order valence-corrected chi connectivity index (χ2v) is 8.39. The molecule has 7 nitrogen and oxygen atoms in total. The Balaban J connectivity index is 1.38. The number of amides is 1. The van der Waals surface area contributed by atoms with E-state index in [1.807, 2.05) is 78.0 Å². The number of hydrogen-bond acceptors (Lipinski definition) is 4. The van der Waals surface area contributed by atoms with Gasteiger partial charge in [-0.2, -0.15) is 5.10 Å².